The lowest BCUT2D eigenvalue weighted by atomic mass is 9.69. The lowest BCUT2D eigenvalue weighted by Crippen LogP contribution is -2.35. The van der Waals surface area contributed by atoms with E-state index in [0.717, 1.165) is 25.7 Å². The van der Waals surface area contributed by atoms with Gasteiger partial charge in [-0.25, -0.2) is 0 Å². The second-order valence-electron chi connectivity index (χ2n) is 6.42. The number of Topliss-reactive ketones (excluding diaryl/α,β-unsaturated/α-hetero) is 1. The number of ketones is 1. The van der Waals surface area contributed by atoms with Gasteiger partial charge in [0.05, 0.1) is 5.41 Å². The highest BCUT2D eigenvalue weighted by atomic mass is 16.1. The zero-order valence-corrected chi connectivity index (χ0v) is 12.9. The number of rotatable bonds is 2. The standard InChI is InChI=1S/C20H22O/c1-15-12-17(16-8-4-3-5-9-16)14-18(13-15)20(2)11-7-6-10-19(20)21/h3-5,8-9,12-14H,6-7,10-11H2,1-2H3/t20-/m0/s1. The van der Waals surface area contributed by atoms with Gasteiger partial charge in [-0.3, -0.25) is 4.79 Å². The lowest BCUT2D eigenvalue weighted by molar-refractivity contribution is -0.125. The average Bonchev–Trinajstić information content (AvgIpc) is 2.50. The summed E-state index contributed by atoms with van der Waals surface area (Å²) in [6, 6.07) is 17.0. The molecule has 0 amide bonds. The number of carbonyl (C=O) groups excluding carboxylic acids is 1. The Morgan fingerprint density at radius 1 is 0.952 bits per heavy atom. The van der Waals surface area contributed by atoms with Crippen molar-refractivity contribution in [2.24, 2.45) is 0 Å². The molecule has 1 saturated carbocycles. The number of benzene rings is 2. The van der Waals surface area contributed by atoms with Crippen LogP contribution in [0.2, 0.25) is 0 Å². The fourth-order valence-corrected chi connectivity index (χ4v) is 3.38. The minimum atomic E-state index is -0.298. The topological polar surface area (TPSA) is 17.1 Å². The van der Waals surface area contributed by atoms with E-state index in [1.54, 1.807) is 0 Å². The summed E-state index contributed by atoms with van der Waals surface area (Å²) in [7, 11) is 0. The third-order valence-electron chi connectivity index (χ3n) is 4.77. The minimum Gasteiger partial charge on any atom is -0.299 e. The zero-order chi connectivity index (χ0) is 14.9. The van der Waals surface area contributed by atoms with Crippen molar-refractivity contribution in [3.63, 3.8) is 0 Å². The normalized spacial score (nSPS) is 22.3. The van der Waals surface area contributed by atoms with Crippen LogP contribution in [0, 0.1) is 6.92 Å². The van der Waals surface area contributed by atoms with E-state index in [-0.39, 0.29) is 5.41 Å². The molecule has 2 aromatic rings. The van der Waals surface area contributed by atoms with Crippen LogP contribution in [0.25, 0.3) is 11.1 Å². The minimum absolute atomic E-state index is 0.298. The smallest absolute Gasteiger partial charge is 0.143 e. The first-order valence-electron chi connectivity index (χ1n) is 7.80. The Balaban J connectivity index is 2.08. The van der Waals surface area contributed by atoms with Crippen molar-refractivity contribution in [3.05, 3.63) is 59.7 Å². The Hall–Kier alpha value is -1.89. The summed E-state index contributed by atoms with van der Waals surface area (Å²) in [5.74, 6) is 0.401. The molecule has 1 atom stereocenters. The van der Waals surface area contributed by atoms with Gasteiger partial charge in [-0.2, -0.15) is 0 Å². The molecule has 0 aromatic heterocycles. The van der Waals surface area contributed by atoms with Gasteiger partial charge in [0.25, 0.3) is 0 Å². The number of hydrogen-bond acceptors (Lipinski definition) is 1. The van der Waals surface area contributed by atoms with Crippen molar-refractivity contribution in [2.45, 2.75) is 44.9 Å². The Bertz CT molecular complexity index is 657. The molecule has 108 valence electrons. The van der Waals surface area contributed by atoms with Gasteiger partial charge in [0.15, 0.2) is 0 Å². The summed E-state index contributed by atoms with van der Waals surface area (Å²) in [5, 5.41) is 0. The number of hydrogen-bond donors (Lipinski definition) is 0. The Morgan fingerprint density at radius 3 is 2.43 bits per heavy atom. The van der Waals surface area contributed by atoms with E-state index in [0.29, 0.717) is 5.78 Å². The fourth-order valence-electron chi connectivity index (χ4n) is 3.38. The lowest BCUT2D eigenvalue weighted by Gasteiger charge is -2.33. The maximum absolute atomic E-state index is 12.5. The molecule has 0 N–H and O–H groups in total. The molecule has 0 saturated heterocycles. The maximum atomic E-state index is 12.5. The molecular weight excluding hydrogens is 256 g/mol. The van der Waals surface area contributed by atoms with Crippen molar-refractivity contribution in [1.82, 2.24) is 0 Å². The van der Waals surface area contributed by atoms with E-state index in [2.05, 4.69) is 56.3 Å². The van der Waals surface area contributed by atoms with Gasteiger partial charge in [0.2, 0.25) is 0 Å². The molecule has 0 bridgehead atoms. The summed E-state index contributed by atoms with van der Waals surface area (Å²) in [4.78, 5) is 12.5. The van der Waals surface area contributed by atoms with E-state index >= 15 is 0 Å². The number of carbonyl (C=O) groups is 1. The molecule has 0 aliphatic heterocycles. The van der Waals surface area contributed by atoms with Crippen molar-refractivity contribution in [2.75, 3.05) is 0 Å². The van der Waals surface area contributed by atoms with Crippen LogP contribution in [0.15, 0.2) is 48.5 Å². The maximum Gasteiger partial charge on any atom is 0.143 e. The first-order valence-corrected chi connectivity index (χ1v) is 7.80. The predicted octanol–water partition coefficient (Wildman–Crippen LogP) is 5.06. The Morgan fingerprint density at radius 2 is 1.71 bits per heavy atom. The largest absolute Gasteiger partial charge is 0.299 e. The van der Waals surface area contributed by atoms with Gasteiger partial charge in [0, 0.05) is 6.42 Å². The van der Waals surface area contributed by atoms with Crippen molar-refractivity contribution in [3.8, 4) is 11.1 Å². The molecule has 1 fully saturated rings. The summed E-state index contributed by atoms with van der Waals surface area (Å²) >= 11 is 0. The van der Waals surface area contributed by atoms with Gasteiger partial charge < -0.3 is 0 Å². The Kier molecular flexibility index (Phi) is 3.67. The zero-order valence-electron chi connectivity index (χ0n) is 12.9. The molecule has 1 aliphatic carbocycles. The van der Waals surface area contributed by atoms with E-state index in [1.807, 2.05) is 6.07 Å². The van der Waals surface area contributed by atoms with Crippen molar-refractivity contribution in [1.29, 1.82) is 0 Å². The Labute approximate surface area is 127 Å². The average molecular weight is 278 g/mol. The second kappa shape index (κ2) is 5.48. The van der Waals surface area contributed by atoms with Crippen LogP contribution in [0.5, 0.6) is 0 Å². The third-order valence-corrected chi connectivity index (χ3v) is 4.77. The van der Waals surface area contributed by atoms with Crippen LogP contribution in [0.4, 0.5) is 0 Å². The molecule has 0 radical (unpaired) electrons. The summed E-state index contributed by atoms with van der Waals surface area (Å²) in [5.41, 5.74) is 4.55. The van der Waals surface area contributed by atoms with Crippen molar-refractivity contribution < 1.29 is 4.79 Å². The quantitative estimate of drug-likeness (QED) is 0.750. The number of aryl methyl sites for hydroxylation is 1. The summed E-state index contributed by atoms with van der Waals surface area (Å²) < 4.78 is 0. The highest BCUT2D eigenvalue weighted by molar-refractivity contribution is 5.90. The van der Waals surface area contributed by atoms with Crippen LogP contribution in [-0.2, 0) is 10.2 Å². The molecule has 1 heteroatoms. The molecule has 0 heterocycles. The van der Waals surface area contributed by atoms with Crippen LogP contribution >= 0.6 is 0 Å². The molecule has 1 aliphatic rings. The molecule has 3 rings (SSSR count). The van der Waals surface area contributed by atoms with Crippen LogP contribution in [-0.4, -0.2) is 5.78 Å². The van der Waals surface area contributed by atoms with Crippen LogP contribution in [0.1, 0.15) is 43.7 Å². The van der Waals surface area contributed by atoms with E-state index in [9.17, 15) is 4.79 Å². The van der Waals surface area contributed by atoms with E-state index in [1.165, 1.54) is 22.3 Å². The summed E-state index contributed by atoms with van der Waals surface area (Å²) in [6.45, 7) is 4.24. The fraction of sp³-hybridized carbons (Fsp3) is 0.350. The second-order valence-corrected chi connectivity index (χ2v) is 6.42. The molecule has 2 aromatic carbocycles. The van der Waals surface area contributed by atoms with Crippen LogP contribution in [0.3, 0.4) is 0 Å². The van der Waals surface area contributed by atoms with Gasteiger partial charge in [-0.15, -0.1) is 0 Å². The van der Waals surface area contributed by atoms with Crippen LogP contribution < -0.4 is 0 Å². The first-order chi connectivity index (χ1) is 10.1. The van der Waals surface area contributed by atoms with Gasteiger partial charge in [-0.1, -0.05) is 60.5 Å². The van der Waals surface area contributed by atoms with Gasteiger partial charge in [0.1, 0.15) is 5.78 Å². The van der Waals surface area contributed by atoms with Crippen molar-refractivity contribution >= 4 is 5.78 Å². The molecule has 0 unspecified atom stereocenters. The molecule has 21 heavy (non-hydrogen) atoms. The first kappa shape index (κ1) is 14.1. The molecular formula is C20H22O. The van der Waals surface area contributed by atoms with E-state index < -0.39 is 0 Å². The third kappa shape index (κ3) is 2.65. The van der Waals surface area contributed by atoms with Gasteiger partial charge in [-0.05, 0) is 43.4 Å². The predicted molar refractivity (Wildman–Crippen MR) is 87.4 cm³/mol. The SMILES string of the molecule is Cc1cc(-c2ccccc2)cc([C@]2(C)CCCCC2=O)c1. The van der Waals surface area contributed by atoms with Gasteiger partial charge >= 0.3 is 0 Å². The monoisotopic (exact) mass is 278 g/mol. The van der Waals surface area contributed by atoms with E-state index in [4.69, 9.17) is 0 Å². The molecule has 0 spiro atoms. The highest BCUT2D eigenvalue weighted by Gasteiger charge is 2.36. The summed E-state index contributed by atoms with van der Waals surface area (Å²) in [6.07, 6.45) is 3.90. The molecule has 1 nitrogen and oxygen atoms in total. The highest BCUT2D eigenvalue weighted by Crippen LogP contribution is 2.38.